The van der Waals surface area contributed by atoms with E-state index in [1.807, 2.05) is 11.8 Å². The molecule has 0 bridgehead atoms. The summed E-state index contributed by atoms with van der Waals surface area (Å²) < 4.78 is 19.5. The lowest BCUT2D eigenvalue weighted by molar-refractivity contribution is 0.150. The first-order valence-electron chi connectivity index (χ1n) is 7.26. The molecule has 0 aliphatic carbocycles. The highest BCUT2D eigenvalue weighted by atomic mass is 19.1. The second-order valence-corrected chi connectivity index (χ2v) is 5.73. The number of piperazine rings is 1. The first-order chi connectivity index (χ1) is 10.0. The highest BCUT2D eigenvalue weighted by Gasteiger charge is 2.30. The van der Waals surface area contributed by atoms with Crippen LogP contribution in [0.2, 0.25) is 0 Å². The molecule has 1 aromatic rings. The van der Waals surface area contributed by atoms with Crippen LogP contribution in [0.25, 0.3) is 0 Å². The third-order valence-electron chi connectivity index (χ3n) is 4.05. The number of hydrogen-bond acceptors (Lipinski definition) is 4. The number of cyclic esters (lactones) is 1. The van der Waals surface area contributed by atoms with E-state index in [4.69, 9.17) is 4.74 Å². The largest absolute Gasteiger partial charge is 0.444 e. The van der Waals surface area contributed by atoms with E-state index >= 15 is 0 Å². The summed E-state index contributed by atoms with van der Waals surface area (Å²) in [6.07, 6.45) is -0.563. The molecule has 3 rings (SSSR count). The smallest absolute Gasteiger partial charge is 0.414 e. The van der Waals surface area contributed by atoms with Gasteiger partial charge in [0.05, 0.1) is 17.9 Å². The third-order valence-corrected chi connectivity index (χ3v) is 4.05. The molecule has 2 fully saturated rings. The molecule has 5 nitrogen and oxygen atoms in total. The van der Waals surface area contributed by atoms with Crippen LogP contribution < -0.4 is 9.80 Å². The zero-order chi connectivity index (χ0) is 15.0. The number of likely N-dealkylation sites (N-methyl/N-ethyl adjacent to an activating group) is 1. The van der Waals surface area contributed by atoms with Crippen molar-refractivity contribution in [3.63, 3.8) is 0 Å². The summed E-state index contributed by atoms with van der Waals surface area (Å²) in [6.45, 7) is 5.78. The van der Waals surface area contributed by atoms with E-state index in [9.17, 15) is 9.18 Å². The molecule has 6 heteroatoms. The highest BCUT2D eigenvalue weighted by Crippen LogP contribution is 2.28. The summed E-state index contributed by atoms with van der Waals surface area (Å²) in [5, 5.41) is 0. The number of ether oxygens (including phenoxy) is 1. The van der Waals surface area contributed by atoms with Gasteiger partial charge in [-0.1, -0.05) is 0 Å². The van der Waals surface area contributed by atoms with Gasteiger partial charge in [-0.15, -0.1) is 0 Å². The van der Waals surface area contributed by atoms with Crippen molar-refractivity contribution in [1.82, 2.24) is 4.90 Å². The van der Waals surface area contributed by atoms with Crippen LogP contribution >= 0.6 is 0 Å². The standard InChI is InChI=1S/C15H20FN3O2/c1-11-10-19(15(20)21-11)12-3-4-14(13(16)9-12)18-7-5-17(2)6-8-18/h3-4,9,11H,5-8,10H2,1-2H3. The number of amides is 1. The van der Waals surface area contributed by atoms with Crippen molar-refractivity contribution >= 4 is 17.5 Å². The fourth-order valence-electron chi connectivity index (χ4n) is 2.78. The van der Waals surface area contributed by atoms with Gasteiger partial charge in [-0.3, -0.25) is 4.90 Å². The second-order valence-electron chi connectivity index (χ2n) is 5.73. The summed E-state index contributed by atoms with van der Waals surface area (Å²) in [5.41, 5.74) is 1.16. The number of benzene rings is 1. The molecule has 0 spiro atoms. The van der Waals surface area contributed by atoms with E-state index in [-0.39, 0.29) is 11.9 Å². The number of hydrogen-bond donors (Lipinski definition) is 0. The van der Waals surface area contributed by atoms with E-state index in [0.29, 0.717) is 17.9 Å². The normalized spacial score (nSPS) is 23.6. The average molecular weight is 293 g/mol. The van der Waals surface area contributed by atoms with Gasteiger partial charge in [-0.2, -0.15) is 0 Å². The molecule has 0 N–H and O–H groups in total. The highest BCUT2D eigenvalue weighted by molar-refractivity contribution is 5.90. The SMILES string of the molecule is CC1CN(c2ccc(N3CCN(C)CC3)c(F)c2)C(=O)O1. The fourth-order valence-corrected chi connectivity index (χ4v) is 2.78. The molecule has 0 saturated carbocycles. The van der Waals surface area contributed by atoms with Crippen molar-refractivity contribution in [3.05, 3.63) is 24.0 Å². The summed E-state index contributed by atoms with van der Waals surface area (Å²) in [4.78, 5) is 17.4. The molecular weight excluding hydrogens is 273 g/mol. The Bertz CT molecular complexity index is 544. The first-order valence-corrected chi connectivity index (χ1v) is 7.26. The molecule has 0 aromatic heterocycles. The van der Waals surface area contributed by atoms with Gasteiger partial charge in [-0.05, 0) is 32.2 Å². The Morgan fingerprint density at radius 3 is 2.52 bits per heavy atom. The van der Waals surface area contributed by atoms with Gasteiger partial charge >= 0.3 is 6.09 Å². The molecule has 1 unspecified atom stereocenters. The van der Waals surface area contributed by atoms with Crippen molar-refractivity contribution in [3.8, 4) is 0 Å². The summed E-state index contributed by atoms with van der Waals surface area (Å²) in [7, 11) is 2.07. The molecule has 1 atom stereocenters. The van der Waals surface area contributed by atoms with Crippen molar-refractivity contribution in [1.29, 1.82) is 0 Å². The van der Waals surface area contributed by atoms with Gasteiger partial charge in [-0.25, -0.2) is 9.18 Å². The topological polar surface area (TPSA) is 36.0 Å². The van der Waals surface area contributed by atoms with E-state index in [1.165, 1.54) is 11.0 Å². The second kappa shape index (κ2) is 5.52. The van der Waals surface area contributed by atoms with E-state index in [2.05, 4.69) is 11.9 Å². The Kier molecular flexibility index (Phi) is 3.71. The molecule has 114 valence electrons. The Hall–Kier alpha value is -1.82. The van der Waals surface area contributed by atoms with Crippen LogP contribution in [0, 0.1) is 5.82 Å². The van der Waals surface area contributed by atoms with Crippen molar-refractivity contribution in [2.24, 2.45) is 0 Å². The molecular formula is C15H20FN3O2. The quantitative estimate of drug-likeness (QED) is 0.835. The average Bonchev–Trinajstić information content (AvgIpc) is 2.79. The molecule has 2 aliphatic rings. The summed E-state index contributed by atoms with van der Waals surface area (Å²) in [6, 6.07) is 4.97. The lowest BCUT2D eigenvalue weighted by Crippen LogP contribution is -2.44. The minimum Gasteiger partial charge on any atom is -0.444 e. The Morgan fingerprint density at radius 1 is 1.24 bits per heavy atom. The minimum atomic E-state index is -0.408. The molecule has 1 amide bonds. The summed E-state index contributed by atoms with van der Waals surface area (Å²) >= 11 is 0. The number of anilines is 2. The Balaban J connectivity index is 1.78. The lowest BCUT2D eigenvalue weighted by atomic mass is 10.2. The predicted octanol–water partition coefficient (Wildman–Crippen LogP) is 1.92. The van der Waals surface area contributed by atoms with Crippen LogP contribution in [-0.4, -0.2) is 56.9 Å². The van der Waals surface area contributed by atoms with E-state index in [1.54, 1.807) is 12.1 Å². The zero-order valence-corrected chi connectivity index (χ0v) is 12.4. The van der Waals surface area contributed by atoms with Gasteiger partial charge < -0.3 is 14.5 Å². The van der Waals surface area contributed by atoms with Gasteiger partial charge in [0.25, 0.3) is 0 Å². The maximum atomic E-state index is 14.4. The van der Waals surface area contributed by atoms with Gasteiger partial charge in [0.15, 0.2) is 0 Å². The van der Waals surface area contributed by atoms with Gasteiger partial charge in [0.2, 0.25) is 0 Å². The Morgan fingerprint density at radius 2 is 1.95 bits per heavy atom. The molecule has 21 heavy (non-hydrogen) atoms. The lowest BCUT2D eigenvalue weighted by Gasteiger charge is -2.34. The number of carbonyl (C=O) groups excluding carboxylic acids is 1. The minimum absolute atomic E-state index is 0.155. The van der Waals surface area contributed by atoms with Crippen LogP contribution in [-0.2, 0) is 4.74 Å². The van der Waals surface area contributed by atoms with Crippen molar-refractivity contribution in [2.45, 2.75) is 13.0 Å². The molecule has 2 saturated heterocycles. The van der Waals surface area contributed by atoms with Crippen molar-refractivity contribution in [2.75, 3.05) is 49.6 Å². The predicted molar refractivity (Wildman–Crippen MR) is 79.4 cm³/mol. The van der Waals surface area contributed by atoms with Crippen LogP contribution in [0.3, 0.4) is 0 Å². The number of halogens is 1. The van der Waals surface area contributed by atoms with Crippen LogP contribution in [0.1, 0.15) is 6.92 Å². The molecule has 2 heterocycles. The third kappa shape index (κ3) is 2.81. The number of nitrogens with zero attached hydrogens (tertiary/aromatic N) is 3. The first kappa shape index (κ1) is 14.1. The van der Waals surface area contributed by atoms with Crippen LogP contribution in [0.15, 0.2) is 18.2 Å². The van der Waals surface area contributed by atoms with E-state index < -0.39 is 6.09 Å². The van der Waals surface area contributed by atoms with Crippen LogP contribution in [0.5, 0.6) is 0 Å². The van der Waals surface area contributed by atoms with Gasteiger partial charge in [0, 0.05) is 26.2 Å². The number of rotatable bonds is 2. The van der Waals surface area contributed by atoms with Gasteiger partial charge in [0.1, 0.15) is 11.9 Å². The monoisotopic (exact) mass is 293 g/mol. The molecule has 1 aromatic carbocycles. The van der Waals surface area contributed by atoms with E-state index in [0.717, 1.165) is 26.2 Å². The maximum absolute atomic E-state index is 14.4. The maximum Gasteiger partial charge on any atom is 0.414 e. The fraction of sp³-hybridized carbons (Fsp3) is 0.533. The number of carbonyl (C=O) groups is 1. The summed E-state index contributed by atoms with van der Waals surface area (Å²) in [5.74, 6) is -0.288. The molecule has 0 radical (unpaired) electrons. The Labute approximate surface area is 123 Å². The zero-order valence-electron chi connectivity index (χ0n) is 12.4. The van der Waals surface area contributed by atoms with Crippen LogP contribution in [0.4, 0.5) is 20.6 Å². The molecule has 2 aliphatic heterocycles. The van der Waals surface area contributed by atoms with Crippen molar-refractivity contribution < 1.29 is 13.9 Å².